The number of rotatable bonds is 5. The number of carbonyl (C=O) groups excluding carboxylic acids is 1. The molecule has 1 saturated heterocycles. The van der Waals surface area contributed by atoms with Gasteiger partial charge in [0.05, 0.1) is 25.5 Å². The van der Waals surface area contributed by atoms with Crippen LogP contribution in [0.25, 0.3) is 11.0 Å². The molecular weight excluding hydrogens is 392 g/mol. The van der Waals surface area contributed by atoms with Gasteiger partial charge in [0, 0.05) is 54.3 Å². The average Bonchev–Trinajstić information content (AvgIpc) is 2.78. The number of benzene rings is 1. The number of pyridine rings is 2. The number of hydrogen-bond donors (Lipinski definition) is 1. The molecule has 0 bridgehead atoms. The Morgan fingerprint density at radius 1 is 1.16 bits per heavy atom. The van der Waals surface area contributed by atoms with Crippen molar-refractivity contribution < 1.29 is 14.3 Å². The number of methoxy groups -OCH3 is 2. The molecule has 0 saturated carbocycles. The first-order valence-corrected chi connectivity index (χ1v) is 10.5. The van der Waals surface area contributed by atoms with E-state index in [9.17, 15) is 4.79 Å². The van der Waals surface area contributed by atoms with Crippen LogP contribution in [0.2, 0.25) is 0 Å². The standard InChI is InChI=1S/C24H28N4O3/c1-15-6-5-9-28(14-15)24(29)21-13-25-23-20(8-7-16(2)26-23)22(21)27-17-10-18(30-3)12-19(11-17)31-4/h7-8,10-13,15H,5-6,9,14H2,1-4H3,(H,25,26,27)/t15-/m1/s1. The van der Waals surface area contributed by atoms with Crippen LogP contribution in [0.3, 0.4) is 0 Å². The summed E-state index contributed by atoms with van der Waals surface area (Å²) in [5.41, 5.74) is 3.45. The van der Waals surface area contributed by atoms with Crippen LogP contribution in [-0.4, -0.2) is 48.1 Å². The molecule has 0 aliphatic carbocycles. The highest BCUT2D eigenvalue weighted by Gasteiger charge is 2.25. The topological polar surface area (TPSA) is 76.6 Å². The minimum absolute atomic E-state index is 0.0149. The van der Waals surface area contributed by atoms with Gasteiger partial charge < -0.3 is 19.7 Å². The largest absolute Gasteiger partial charge is 0.497 e. The summed E-state index contributed by atoms with van der Waals surface area (Å²) in [6, 6.07) is 9.43. The van der Waals surface area contributed by atoms with Gasteiger partial charge in [-0.15, -0.1) is 0 Å². The number of aryl methyl sites for hydroxylation is 1. The van der Waals surface area contributed by atoms with E-state index in [2.05, 4.69) is 22.2 Å². The van der Waals surface area contributed by atoms with Gasteiger partial charge in [-0.3, -0.25) is 4.79 Å². The van der Waals surface area contributed by atoms with Crippen LogP contribution < -0.4 is 14.8 Å². The summed E-state index contributed by atoms with van der Waals surface area (Å²) in [5.74, 6) is 1.80. The molecule has 1 aromatic carbocycles. The Hall–Kier alpha value is -3.35. The summed E-state index contributed by atoms with van der Waals surface area (Å²) >= 11 is 0. The van der Waals surface area contributed by atoms with E-state index >= 15 is 0 Å². The molecule has 4 rings (SSSR count). The second-order valence-corrected chi connectivity index (χ2v) is 8.10. The first-order valence-electron chi connectivity index (χ1n) is 10.5. The molecule has 2 aromatic heterocycles. The summed E-state index contributed by atoms with van der Waals surface area (Å²) in [5, 5.41) is 4.22. The first kappa shape index (κ1) is 20.9. The molecule has 1 aliphatic rings. The van der Waals surface area contributed by atoms with Crippen molar-refractivity contribution in [2.75, 3.05) is 32.6 Å². The Labute approximate surface area is 182 Å². The van der Waals surface area contributed by atoms with Crippen molar-refractivity contribution in [3.63, 3.8) is 0 Å². The number of nitrogens with one attached hydrogen (secondary N) is 1. The van der Waals surface area contributed by atoms with Crippen LogP contribution in [0.1, 0.15) is 35.8 Å². The van der Waals surface area contributed by atoms with E-state index in [1.165, 1.54) is 0 Å². The number of hydrogen-bond acceptors (Lipinski definition) is 6. The molecule has 1 aliphatic heterocycles. The molecule has 31 heavy (non-hydrogen) atoms. The molecule has 7 nitrogen and oxygen atoms in total. The molecule has 3 heterocycles. The van der Waals surface area contributed by atoms with Gasteiger partial charge in [0.1, 0.15) is 11.5 Å². The van der Waals surface area contributed by atoms with Gasteiger partial charge in [0.2, 0.25) is 0 Å². The number of carbonyl (C=O) groups is 1. The Morgan fingerprint density at radius 3 is 2.58 bits per heavy atom. The third-order valence-electron chi connectivity index (χ3n) is 5.66. The maximum atomic E-state index is 13.5. The van der Waals surface area contributed by atoms with Crippen molar-refractivity contribution in [3.8, 4) is 11.5 Å². The second kappa shape index (κ2) is 8.79. The lowest BCUT2D eigenvalue weighted by Crippen LogP contribution is -2.39. The van der Waals surface area contributed by atoms with Crippen LogP contribution in [0, 0.1) is 12.8 Å². The number of nitrogens with zero attached hydrogens (tertiary/aromatic N) is 3. The van der Waals surface area contributed by atoms with Gasteiger partial charge in [-0.25, -0.2) is 9.97 Å². The SMILES string of the molecule is COc1cc(Nc2c(C(=O)N3CCC[C@@H](C)C3)cnc3nc(C)ccc23)cc(OC)c1. The maximum Gasteiger partial charge on any atom is 0.257 e. The van der Waals surface area contributed by atoms with Crippen LogP contribution >= 0.6 is 0 Å². The minimum Gasteiger partial charge on any atom is -0.497 e. The number of aromatic nitrogens is 2. The monoisotopic (exact) mass is 420 g/mol. The smallest absolute Gasteiger partial charge is 0.257 e. The molecule has 0 radical (unpaired) electrons. The predicted molar refractivity (Wildman–Crippen MR) is 121 cm³/mol. The zero-order valence-corrected chi connectivity index (χ0v) is 18.4. The fourth-order valence-corrected chi connectivity index (χ4v) is 4.04. The molecule has 0 spiro atoms. The summed E-state index contributed by atoms with van der Waals surface area (Å²) in [7, 11) is 3.22. The second-order valence-electron chi connectivity index (χ2n) is 8.10. The van der Waals surface area contributed by atoms with E-state index in [0.717, 1.165) is 42.7 Å². The van der Waals surface area contributed by atoms with Gasteiger partial charge in [0.25, 0.3) is 5.91 Å². The normalized spacial score (nSPS) is 16.3. The molecule has 1 fully saturated rings. The van der Waals surface area contributed by atoms with Crippen LogP contribution in [0.15, 0.2) is 36.5 Å². The molecule has 0 unspecified atom stereocenters. The quantitative estimate of drug-likeness (QED) is 0.652. The van der Waals surface area contributed by atoms with Gasteiger partial charge >= 0.3 is 0 Å². The lowest BCUT2D eigenvalue weighted by atomic mass is 9.99. The van der Waals surface area contributed by atoms with E-state index in [0.29, 0.717) is 34.3 Å². The Balaban J connectivity index is 1.81. The maximum absolute atomic E-state index is 13.5. The zero-order chi connectivity index (χ0) is 22.0. The lowest BCUT2D eigenvalue weighted by Gasteiger charge is -2.31. The first-order chi connectivity index (χ1) is 15.0. The third kappa shape index (κ3) is 4.40. The Morgan fingerprint density at radius 2 is 1.90 bits per heavy atom. The highest BCUT2D eigenvalue weighted by molar-refractivity contribution is 6.07. The summed E-state index contributed by atoms with van der Waals surface area (Å²) in [6.07, 6.45) is 3.80. The molecule has 3 aromatic rings. The van der Waals surface area contributed by atoms with Gasteiger partial charge in [0.15, 0.2) is 5.65 Å². The molecule has 7 heteroatoms. The molecule has 1 amide bonds. The van der Waals surface area contributed by atoms with Crippen LogP contribution in [0.5, 0.6) is 11.5 Å². The number of fused-ring (bicyclic) bond motifs is 1. The Bertz CT molecular complexity index is 1090. The predicted octanol–water partition coefficient (Wildman–Crippen LogP) is 4.57. The third-order valence-corrected chi connectivity index (χ3v) is 5.66. The van der Waals surface area contributed by atoms with Gasteiger partial charge in [-0.1, -0.05) is 6.92 Å². The summed E-state index contributed by atoms with van der Waals surface area (Å²) in [6.45, 7) is 5.64. The van der Waals surface area contributed by atoms with Gasteiger partial charge in [-0.05, 0) is 37.8 Å². The summed E-state index contributed by atoms with van der Waals surface area (Å²) in [4.78, 5) is 24.5. The van der Waals surface area contributed by atoms with E-state index in [1.54, 1.807) is 20.4 Å². The number of piperidine rings is 1. The van der Waals surface area contributed by atoms with Gasteiger partial charge in [-0.2, -0.15) is 0 Å². The van der Waals surface area contributed by atoms with E-state index in [4.69, 9.17) is 9.47 Å². The number of ether oxygens (including phenoxy) is 2. The van der Waals surface area contributed by atoms with Crippen LogP contribution in [-0.2, 0) is 0 Å². The fraction of sp³-hybridized carbons (Fsp3) is 0.375. The number of anilines is 2. The van der Waals surface area contributed by atoms with Crippen molar-refractivity contribution in [3.05, 3.63) is 47.8 Å². The van der Waals surface area contributed by atoms with E-state index in [-0.39, 0.29) is 5.91 Å². The highest BCUT2D eigenvalue weighted by Crippen LogP contribution is 2.33. The van der Waals surface area contributed by atoms with E-state index in [1.807, 2.05) is 42.2 Å². The average molecular weight is 421 g/mol. The summed E-state index contributed by atoms with van der Waals surface area (Å²) < 4.78 is 10.8. The molecule has 1 N–H and O–H groups in total. The zero-order valence-electron chi connectivity index (χ0n) is 18.4. The highest BCUT2D eigenvalue weighted by atomic mass is 16.5. The van der Waals surface area contributed by atoms with E-state index < -0.39 is 0 Å². The minimum atomic E-state index is -0.0149. The van der Waals surface area contributed by atoms with Crippen molar-refractivity contribution in [2.45, 2.75) is 26.7 Å². The van der Waals surface area contributed by atoms with Crippen molar-refractivity contribution in [1.29, 1.82) is 0 Å². The fourth-order valence-electron chi connectivity index (χ4n) is 4.04. The molecule has 162 valence electrons. The lowest BCUT2D eigenvalue weighted by molar-refractivity contribution is 0.0684. The van der Waals surface area contributed by atoms with Crippen molar-refractivity contribution >= 4 is 28.3 Å². The molecular formula is C24H28N4O3. The number of likely N-dealkylation sites (tertiary alicyclic amines) is 1. The van der Waals surface area contributed by atoms with Crippen LogP contribution in [0.4, 0.5) is 11.4 Å². The number of amides is 1. The Kier molecular flexibility index (Phi) is 5.93. The van der Waals surface area contributed by atoms with Crippen molar-refractivity contribution in [2.24, 2.45) is 5.92 Å². The van der Waals surface area contributed by atoms with Crippen molar-refractivity contribution in [1.82, 2.24) is 14.9 Å². The molecule has 1 atom stereocenters.